The van der Waals surface area contributed by atoms with Crippen LogP contribution in [0.4, 0.5) is 0 Å². The summed E-state index contributed by atoms with van der Waals surface area (Å²) >= 11 is 3.79. The standard InChI is InChI=1S/C51H36N2S2/c1-3-45(53-42-22-12-9-19-39(42)47-48-41-21-11-14-24-44(41)55-51(48)38-18-8-7-17-37(38)50(47)53)52-49(46-31(2)54-43-23-13-10-20-40(43)46)36-28-27-34-29-33(25-26-35(34)30-36)32-15-5-4-6-16-32/h3-30,49,52H,1-2H3/b45-3-. The Morgan fingerprint density at radius 1 is 0.564 bits per heavy atom. The smallest absolute Gasteiger partial charge is 0.107 e. The van der Waals surface area contributed by atoms with Gasteiger partial charge in [0.05, 0.1) is 17.1 Å². The van der Waals surface area contributed by atoms with Gasteiger partial charge in [0.2, 0.25) is 0 Å². The normalized spacial score (nSPS) is 12.9. The lowest BCUT2D eigenvalue weighted by Gasteiger charge is -2.25. The van der Waals surface area contributed by atoms with Gasteiger partial charge in [0.15, 0.2) is 0 Å². The third kappa shape index (κ3) is 4.99. The fourth-order valence-electron chi connectivity index (χ4n) is 8.92. The van der Waals surface area contributed by atoms with Gasteiger partial charge in [-0.05, 0) is 83.1 Å². The molecule has 0 aliphatic rings. The minimum Gasteiger partial charge on any atom is -0.360 e. The monoisotopic (exact) mass is 740 g/mol. The Kier molecular flexibility index (Phi) is 7.45. The topological polar surface area (TPSA) is 17.0 Å². The van der Waals surface area contributed by atoms with Crippen molar-refractivity contribution in [3.05, 3.63) is 186 Å². The fourth-order valence-corrected chi connectivity index (χ4v) is 11.3. The maximum Gasteiger partial charge on any atom is 0.107 e. The number of rotatable bonds is 6. The van der Waals surface area contributed by atoms with Gasteiger partial charge in [0.1, 0.15) is 5.82 Å². The Hall–Kier alpha value is -6.20. The molecule has 0 saturated heterocycles. The van der Waals surface area contributed by atoms with E-state index in [4.69, 9.17) is 0 Å². The van der Waals surface area contributed by atoms with E-state index in [0.717, 1.165) is 5.82 Å². The molecular formula is C51H36N2S2. The van der Waals surface area contributed by atoms with Gasteiger partial charge in [-0.3, -0.25) is 4.57 Å². The van der Waals surface area contributed by atoms with Gasteiger partial charge in [-0.1, -0.05) is 133 Å². The van der Waals surface area contributed by atoms with Crippen LogP contribution in [0.2, 0.25) is 0 Å². The van der Waals surface area contributed by atoms with Crippen molar-refractivity contribution >= 4 is 102 Å². The number of aryl methyl sites for hydroxylation is 1. The Labute approximate surface area is 327 Å². The molecule has 11 rings (SSSR count). The molecule has 1 atom stereocenters. The molecule has 55 heavy (non-hydrogen) atoms. The predicted molar refractivity (Wildman–Crippen MR) is 241 cm³/mol. The average Bonchev–Trinajstić information content (AvgIpc) is 3.91. The number of aromatic nitrogens is 1. The molecule has 2 nitrogen and oxygen atoms in total. The molecule has 0 radical (unpaired) electrons. The first kappa shape index (κ1) is 32.2. The first-order valence-corrected chi connectivity index (χ1v) is 20.5. The maximum atomic E-state index is 4.22. The van der Waals surface area contributed by atoms with E-state index in [2.05, 4.69) is 194 Å². The average molecular weight is 741 g/mol. The fraction of sp³-hybridized carbons (Fsp3) is 0.0588. The molecule has 262 valence electrons. The Bertz CT molecular complexity index is 3320. The van der Waals surface area contributed by atoms with Crippen LogP contribution >= 0.6 is 22.7 Å². The van der Waals surface area contributed by atoms with E-state index in [0.29, 0.717) is 0 Å². The molecule has 0 saturated carbocycles. The van der Waals surface area contributed by atoms with Crippen LogP contribution in [0, 0.1) is 6.92 Å². The van der Waals surface area contributed by atoms with Gasteiger partial charge in [0.25, 0.3) is 0 Å². The van der Waals surface area contributed by atoms with Crippen molar-refractivity contribution in [2.45, 2.75) is 19.9 Å². The molecule has 0 spiro atoms. The van der Waals surface area contributed by atoms with Crippen molar-refractivity contribution < 1.29 is 0 Å². The van der Waals surface area contributed by atoms with Gasteiger partial charge in [-0.2, -0.15) is 0 Å². The zero-order valence-corrected chi connectivity index (χ0v) is 32.1. The third-order valence-corrected chi connectivity index (χ3v) is 13.7. The summed E-state index contributed by atoms with van der Waals surface area (Å²) in [5, 5.41) is 15.8. The third-order valence-electron chi connectivity index (χ3n) is 11.4. The molecule has 0 amide bonds. The first-order chi connectivity index (χ1) is 27.2. The van der Waals surface area contributed by atoms with Crippen molar-refractivity contribution in [1.29, 1.82) is 0 Å². The van der Waals surface area contributed by atoms with E-state index in [1.165, 1.54) is 101 Å². The quantitative estimate of drug-likeness (QED) is 0.180. The summed E-state index contributed by atoms with van der Waals surface area (Å²) in [7, 11) is 0. The highest BCUT2D eigenvalue weighted by atomic mass is 32.1. The molecule has 8 aromatic carbocycles. The summed E-state index contributed by atoms with van der Waals surface area (Å²) in [4.78, 5) is 1.33. The Morgan fingerprint density at radius 3 is 2.00 bits per heavy atom. The molecule has 0 aliphatic heterocycles. The molecule has 3 heterocycles. The van der Waals surface area contributed by atoms with Crippen LogP contribution in [0.1, 0.15) is 29.0 Å². The molecule has 1 N–H and O–H groups in total. The number of nitrogens with zero attached hydrogens (tertiary/aromatic N) is 1. The highest BCUT2D eigenvalue weighted by Gasteiger charge is 2.26. The second-order valence-corrected chi connectivity index (χ2v) is 16.7. The lowest BCUT2D eigenvalue weighted by molar-refractivity contribution is 0.725. The number of thiophene rings is 2. The summed E-state index contributed by atoms with van der Waals surface area (Å²) in [5.41, 5.74) is 7.48. The highest BCUT2D eigenvalue weighted by Crippen LogP contribution is 2.48. The molecule has 4 heteroatoms. The van der Waals surface area contributed by atoms with Gasteiger partial charge >= 0.3 is 0 Å². The largest absolute Gasteiger partial charge is 0.360 e. The number of allylic oxidation sites excluding steroid dienone is 1. The van der Waals surface area contributed by atoms with Crippen LogP contribution in [-0.4, -0.2) is 4.57 Å². The van der Waals surface area contributed by atoms with Gasteiger partial charge in [0, 0.05) is 56.9 Å². The minimum atomic E-state index is -0.103. The number of hydrogen-bond donors (Lipinski definition) is 1. The SMILES string of the molecule is C/C=C(/NC(c1ccc2cc(-c3ccccc3)ccc2c1)c1c(C)sc2ccccc12)n1c2ccccc2c2c3c4ccccc4sc3c3ccccc3c21. The highest BCUT2D eigenvalue weighted by molar-refractivity contribution is 7.27. The minimum absolute atomic E-state index is 0.103. The summed E-state index contributed by atoms with van der Waals surface area (Å²) in [6, 6.07) is 60.2. The number of nitrogens with one attached hydrogen (secondary N) is 1. The zero-order valence-electron chi connectivity index (χ0n) is 30.5. The number of fused-ring (bicyclic) bond motifs is 12. The molecule has 0 aliphatic carbocycles. The lowest BCUT2D eigenvalue weighted by atomic mass is 9.93. The molecule has 1 unspecified atom stereocenters. The van der Waals surface area contributed by atoms with Crippen LogP contribution in [0.5, 0.6) is 0 Å². The van der Waals surface area contributed by atoms with Crippen LogP contribution in [0.25, 0.3) is 90.6 Å². The second-order valence-electron chi connectivity index (χ2n) is 14.4. The van der Waals surface area contributed by atoms with E-state index in [-0.39, 0.29) is 6.04 Å². The van der Waals surface area contributed by atoms with Crippen molar-refractivity contribution in [2.75, 3.05) is 0 Å². The first-order valence-electron chi connectivity index (χ1n) is 18.9. The van der Waals surface area contributed by atoms with Crippen LogP contribution < -0.4 is 5.32 Å². The molecule has 3 aromatic heterocycles. The van der Waals surface area contributed by atoms with E-state index in [1.807, 2.05) is 22.7 Å². The maximum absolute atomic E-state index is 4.22. The van der Waals surface area contributed by atoms with Gasteiger partial charge in [-0.25, -0.2) is 0 Å². The number of para-hydroxylation sites is 1. The summed E-state index contributed by atoms with van der Waals surface area (Å²) in [6.45, 7) is 4.45. The molecule has 0 bridgehead atoms. The Morgan fingerprint density at radius 2 is 1.20 bits per heavy atom. The molecule has 11 aromatic rings. The molecular weight excluding hydrogens is 705 g/mol. The van der Waals surface area contributed by atoms with Gasteiger partial charge < -0.3 is 5.32 Å². The van der Waals surface area contributed by atoms with Crippen LogP contribution in [0.3, 0.4) is 0 Å². The zero-order chi connectivity index (χ0) is 36.6. The predicted octanol–water partition coefficient (Wildman–Crippen LogP) is 14.9. The van der Waals surface area contributed by atoms with Crippen molar-refractivity contribution in [2.24, 2.45) is 0 Å². The summed E-state index contributed by atoms with van der Waals surface area (Å²) in [6.07, 6.45) is 2.26. The van der Waals surface area contributed by atoms with Crippen molar-refractivity contribution in [3.63, 3.8) is 0 Å². The summed E-state index contributed by atoms with van der Waals surface area (Å²) < 4.78 is 6.49. The van der Waals surface area contributed by atoms with E-state index >= 15 is 0 Å². The van der Waals surface area contributed by atoms with E-state index < -0.39 is 0 Å². The number of hydrogen-bond acceptors (Lipinski definition) is 3. The summed E-state index contributed by atoms with van der Waals surface area (Å²) in [5.74, 6) is 1.06. The van der Waals surface area contributed by atoms with E-state index in [9.17, 15) is 0 Å². The Balaban J connectivity index is 1.16. The van der Waals surface area contributed by atoms with Gasteiger partial charge in [-0.15, -0.1) is 22.7 Å². The molecule has 0 fully saturated rings. The van der Waals surface area contributed by atoms with Crippen LogP contribution in [0.15, 0.2) is 170 Å². The van der Waals surface area contributed by atoms with Crippen molar-refractivity contribution in [1.82, 2.24) is 9.88 Å². The van der Waals surface area contributed by atoms with E-state index in [1.54, 1.807) is 0 Å². The lowest BCUT2D eigenvalue weighted by Crippen LogP contribution is -2.24. The second kappa shape index (κ2) is 12.7. The van der Waals surface area contributed by atoms with Crippen LogP contribution in [-0.2, 0) is 0 Å². The number of benzene rings is 8. The van der Waals surface area contributed by atoms with Crippen molar-refractivity contribution in [3.8, 4) is 11.1 Å².